The van der Waals surface area contributed by atoms with Crippen LogP contribution in [0.15, 0.2) is 39.4 Å². The normalized spacial score (nSPS) is 10.8. The number of thiophene rings is 1. The van der Waals surface area contributed by atoms with Gasteiger partial charge in [-0.1, -0.05) is 11.6 Å². The van der Waals surface area contributed by atoms with Gasteiger partial charge in [0.25, 0.3) is 5.91 Å². The average Bonchev–Trinajstić information content (AvgIpc) is 2.75. The summed E-state index contributed by atoms with van der Waals surface area (Å²) in [6.45, 7) is 0. The van der Waals surface area contributed by atoms with E-state index in [1.54, 1.807) is 18.3 Å². The standard InChI is InChI=1S/C11H7BrClN3OS/c12-9-4-3-7(18-9)6-15-16-11(17)8-2-1-5-14-10(8)13/h1-6H,(H,16,17). The van der Waals surface area contributed by atoms with Gasteiger partial charge < -0.3 is 0 Å². The van der Waals surface area contributed by atoms with Crippen molar-refractivity contribution in [2.75, 3.05) is 0 Å². The van der Waals surface area contributed by atoms with Crippen molar-refractivity contribution in [3.63, 3.8) is 0 Å². The number of hydrazone groups is 1. The second kappa shape index (κ2) is 6.08. The van der Waals surface area contributed by atoms with Gasteiger partial charge in [-0.25, -0.2) is 10.4 Å². The summed E-state index contributed by atoms with van der Waals surface area (Å²) in [6, 6.07) is 7.02. The molecule has 7 heteroatoms. The van der Waals surface area contributed by atoms with Crippen molar-refractivity contribution in [2.45, 2.75) is 0 Å². The molecule has 0 spiro atoms. The van der Waals surface area contributed by atoms with Crippen LogP contribution in [0, 0.1) is 0 Å². The molecule has 0 aliphatic rings. The predicted octanol–water partition coefficient (Wildman–Crippen LogP) is 3.32. The van der Waals surface area contributed by atoms with E-state index in [-0.39, 0.29) is 11.1 Å². The number of nitrogens with zero attached hydrogens (tertiary/aromatic N) is 2. The predicted molar refractivity (Wildman–Crippen MR) is 76.3 cm³/mol. The third kappa shape index (κ3) is 3.38. The lowest BCUT2D eigenvalue weighted by Gasteiger charge is -2.00. The maximum atomic E-state index is 11.7. The van der Waals surface area contributed by atoms with Gasteiger partial charge in [-0.15, -0.1) is 11.3 Å². The van der Waals surface area contributed by atoms with Crippen molar-refractivity contribution in [3.05, 3.63) is 49.8 Å². The summed E-state index contributed by atoms with van der Waals surface area (Å²) >= 11 is 10.6. The maximum Gasteiger partial charge on any atom is 0.274 e. The van der Waals surface area contributed by atoms with Crippen LogP contribution < -0.4 is 5.43 Å². The van der Waals surface area contributed by atoms with Crippen LogP contribution in [0.4, 0.5) is 0 Å². The van der Waals surface area contributed by atoms with E-state index in [0.717, 1.165) is 8.66 Å². The molecule has 0 atom stereocenters. The lowest BCUT2D eigenvalue weighted by atomic mass is 10.3. The molecule has 0 bridgehead atoms. The molecule has 2 aromatic rings. The number of hydrogen-bond acceptors (Lipinski definition) is 4. The molecule has 92 valence electrons. The first-order chi connectivity index (χ1) is 8.66. The first-order valence-electron chi connectivity index (χ1n) is 4.86. The Labute approximate surface area is 121 Å². The number of pyridine rings is 1. The van der Waals surface area contributed by atoms with E-state index in [2.05, 4.69) is 31.4 Å². The first kappa shape index (κ1) is 13.2. The van der Waals surface area contributed by atoms with Crippen molar-refractivity contribution in [1.82, 2.24) is 10.4 Å². The zero-order valence-electron chi connectivity index (χ0n) is 8.93. The largest absolute Gasteiger partial charge is 0.274 e. The molecular formula is C11H7BrClN3OS. The monoisotopic (exact) mass is 343 g/mol. The highest BCUT2D eigenvalue weighted by molar-refractivity contribution is 9.11. The lowest BCUT2D eigenvalue weighted by molar-refractivity contribution is 0.0955. The van der Waals surface area contributed by atoms with E-state index < -0.39 is 0 Å². The number of nitrogens with one attached hydrogen (secondary N) is 1. The van der Waals surface area contributed by atoms with Crippen LogP contribution in [0.5, 0.6) is 0 Å². The first-order valence-corrected chi connectivity index (χ1v) is 6.85. The Hall–Kier alpha value is -1.24. The van der Waals surface area contributed by atoms with Crippen molar-refractivity contribution < 1.29 is 4.79 Å². The number of halogens is 2. The van der Waals surface area contributed by atoms with E-state index in [0.29, 0.717) is 5.56 Å². The van der Waals surface area contributed by atoms with Gasteiger partial charge in [0.15, 0.2) is 0 Å². The topological polar surface area (TPSA) is 54.4 Å². The number of amides is 1. The summed E-state index contributed by atoms with van der Waals surface area (Å²) in [7, 11) is 0. The molecule has 0 aliphatic heterocycles. The van der Waals surface area contributed by atoms with Gasteiger partial charge in [-0.2, -0.15) is 5.10 Å². The van der Waals surface area contributed by atoms with Crippen LogP contribution in [-0.4, -0.2) is 17.1 Å². The SMILES string of the molecule is O=C(NN=Cc1ccc(Br)s1)c1cccnc1Cl. The van der Waals surface area contributed by atoms with Gasteiger partial charge in [0, 0.05) is 11.1 Å². The molecule has 0 aromatic carbocycles. The van der Waals surface area contributed by atoms with Gasteiger partial charge in [-0.3, -0.25) is 4.79 Å². The maximum absolute atomic E-state index is 11.7. The third-order valence-corrected chi connectivity index (χ3v) is 3.82. The fraction of sp³-hybridized carbons (Fsp3) is 0. The Morgan fingerprint density at radius 2 is 2.33 bits per heavy atom. The third-order valence-electron chi connectivity index (χ3n) is 1.96. The fourth-order valence-corrected chi connectivity index (χ4v) is 2.67. The summed E-state index contributed by atoms with van der Waals surface area (Å²) in [5.41, 5.74) is 2.69. The van der Waals surface area contributed by atoms with Crippen LogP contribution >= 0.6 is 38.9 Å². The van der Waals surface area contributed by atoms with Crippen LogP contribution in [0.1, 0.15) is 15.2 Å². The van der Waals surface area contributed by atoms with Crippen molar-refractivity contribution >= 4 is 51.0 Å². The highest BCUT2D eigenvalue weighted by Crippen LogP contribution is 2.20. The molecule has 18 heavy (non-hydrogen) atoms. The summed E-state index contributed by atoms with van der Waals surface area (Å²) < 4.78 is 1.01. The Morgan fingerprint density at radius 3 is 3.00 bits per heavy atom. The van der Waals surface area contributed by atoms with Gasteiger partial charge >= 0.3 is 0 Å². The zero-order chi connectivity index (χ0) is 13.0. The van der Waals surface area contributed by atoms with Crippen LogP contribution in [-0.2, 0) is 0 Å². The van der Waals surface area contributed by atoms with Crippen molar-refractivity contribution in [2.24, 2.45) is 5.10 Å². The van der Waals surface area contributed by atoms with Crippen LogP contribution in [0.2, 0.25) is 5.15 Å². The summed E-state index contributed by atoms with van der Waals surface area (Å²) in [5.74, 6) is -0.389. The minimum absolute atomic E-state index is 0.157. The van der Waals surface area contributed by atoms with Crippen molar-refractivity contribution in [3.8, 4) is 0 Å². The Bertz CT molecular complexity index is 599. The molecule has 2 heterocycles. The summed E-state index contributed by atoms with van der Waals surface area (Å²) in [5, 5.41) is 4.01. The minimum Gasteiger partial charge on any atom is -0.267 e. The smallest absolute Gasteiger partial charge is 0.267 e. The van der Waals surface area contributed by atoms with E-state index in [1.165, 1.54) is 17.5 Å². The van der Waals surface area contributed by atoms with Crippen LogP contribution in [0.3, 0.4) is 0 Å². The lowest BCUT2D eigenvalue weighted by Crippen LogP contribution is -2.18. The van der Waals surface area contributed by atoms with E-state index in [4.69, 9.17) is 11.6 Å². The molecule has 2 rings (SSSR count). The Morgan fingerprint density at radius 1 is 1.50 bits per heavy atom. The summed E-state index contributed by atoms with van der Waals surface area (Å²) in [6.07, 6.45) is 3.09. The second-order valence-corrected chi connectivity index (χ2v) is 6.04. The van der Waals surface area contributed by atoms with Gasteiger partial charge in [0.2, 0.25) is 0 Å². The zero-order valence-corrected chi connectivity index (χ0v) is 12.1. The molecule has 0 aliphatic carbocycles. The molecule has 0 fully saturated rings. The molecule has 0 saturated carbocycles. The molecule has 0 unspecified atom stereocenters. The summed E-state index contributed by atoms with van der Waals surface area (Å²) in [4.78, 5) is 16.5. The minimum atomic E-state index is -0.389. The van der Waals surface area contributed by atoms with Gasteiger partial charge in [-0.05, 0) is 40.2 Å². The Kier molecular flexibility index (Phi) is 4.46. The highest BCUT2D eigenvalue weighted by atomic mass is 79.9. The number of rotatable bonds is 3. The van der Waals surface area contributed by atoms with Gasteiger partial charge in [0.1, 0.15) is 5.15 Å². The number of carbonyl (C=O) groups is 1. The fourth-order valence-electron chi connectivity index (χ4n) is 1.17. The average molecular weight is 345 g/mol. The molecule has 2 aromatic heterocycles. The number of hydrogen-bond donors (Lipinski definition) is 1. The van der Waals surface area contributed by atoms with E-state index in [1.807, 2.05) is 12.1 Å². The highest BCUT2D eigenvalue weighted by Gasteiger charge is 2.08. The Balaban J connectivity index is 2.01. The van der Waals surface area contributed by atoms with E-state index in [9.17, 15) is 4.79 Å². The molecule has 0 radical (unpaired) electrons. The molecule has 1 amide bonds. The molecule has 0 saturated heterocycles. The quantitative estimate of drug-likeness (QED) is 0.527. The molecule has 4 nitrogen and oxygen atoms in total. The number of carbonyl (C=O) groups excluding carboxylic acids is 1. The van der Waals surface area contributed by atoms with Crippen LogP contribution in [0.25, 0.3) is 0 Å². The van der Waals surface area contributed by atoms with Gasteiger partial charge in [0.05, 0.1) is 15.6 Å². The van der Waals surface area contributed by atoms with E-state index >= 15 is 0 Å². The molecular weight excluding hydrogens is 338 g/mol. The molecule has 1 N–H and O–H groups in total. The second-order valence-electron chi connectivity index (χ2n) is 3.18. The number of aromatic nitrogens is 1. The van der Waals surface area contributed by atoms with Crippen molar-refractivity contribution in [1.29, 1.82) is 0 Å².